The summed E-state index contributed by atoms with van der Waals surface area (Å²) in [6, 6.07) is 7.51. The highest BCUT2D eigenvalue weighted by Crippen LogP contribution is 2.24. The Morgan fingerprint density at radius 3 is 2.80 bits per heavy atom. The Kier molecular flexibility index (Phi) is 0.947. The van der Waals surface area contributed by atoms with E-state index in [1.807, 2.05) is 30.3 Å². The largest absolute Gasteiger partial charge is 0.270 e. The molecule has 0 atom stereocenters. The molecule has 0 saturated heterocycles. The summed E-state index contributed by atoms with van der Waals surface area (Å²) >= 11 is 0. The van der Waals surface area contributed by atoms with Gasteiger partial charge in [-0.2, -0.15) is 0 Å². The van der Waals surface area contributed by atoms with Gasteiger partial charge in [-0.1, -0.05) is 12.1 Å². The second-order valence-corrected chi connectivity index (χ2v) is 2.20. The van der Waals surface area contributed by atoms with Crippen molar-refractivity contribution in [2.24, 2.45) is 0 Å². The van der Waals surface area contributed by atoms with E-state index >= 15 is 0 Å². The van der Waals surface area contributed by atoms with Crippen molar-refractivity contribution in [2.75, 3.05) is 0 Å². The second kappa shape index (κ2) is 1.77. The fourth-order valence-electron chi connectivity index (χ4n) is 1.06. The highest BCUT2D eigenvalue weighted by molar-refractivity contribution is 5.63. The van der Waals surface area contributed by atoms with Crippen molar-refractivity contribution < 1.29 is 4.76 Å². The predicted octanol–water partition coefficient (Wildman–Crippen LogP) is 2.08. The standard InChI is InChI=1S/C8H6NO/c10-9-6-5-7-3-1-2-4-8(7)9/h1-6H/q+1. The summed E-state index contributed by atoms with van der Waals surface area (Å²) < 4.78 is 0.870. The molecule has 0 fully saturated rings. The molecule has 0 N–H and O–H groups in total. The fraction of sp³-hybridized carbons (Fsp3) is 0. The van der Waals surface area contributed by atoms with Crippen LogP contribution in [0.5, 0.6) is 0 Å². The van der Waals surface area contributed by atoms with Crippen molar-refractivity contribution >= 4 is 11.8 Å². The van der Waals surface area contributed by atoms with Crippen molar-refractivity contribution in [3.63, 3.8) is 0 Å². The molecule has 1 aromatic carbocycles. The molecule has 0 bridgehead atoms. The first-order valence-electron chi connectivity index (χ1n) is 3.11. The zero-order valence-corrected chi connectivity index (χ0v) is 5.32. The van der Waals surface area contributed by atoms with Crippen molar-refractivity contribution in [1.82, 2.24) is 0 Å². The minimum absolute atomic E-state index is 0.738. The van der Waals surface area contributed by atoms with E-state index in [1.165, 1.54) is 6.20 Å². The van der Waals surface area contributed by atoms with Gasteiger partial charge < -0.3 is 0 Å². The summed E-state index contributed by atoms with van der Waals surface area (Å²) in [5.41, 5.74) is 1.74. The first kappa shape index (κ1) is 5.35. The lowest BCUT2D eigenvalue weighted by Crippen LogP contribution is -1.83. The van der Waals surface area contributed by atoms with Crippen LogP contribution in [0.4, 0.5) is 5.69 Å². The Balaban J connectivity index is 2.70. The van der Waals surface area contributed by atoms with E-state index in [0.717, 1.165) is 16.0 Å². The molecular formula is C8H6NO+. The minimum Gasteiger partial charge on any atom is -0.0612 e. The molecule has 0 saturated carbocycles. The van der Waals surface area contributed by atoms with Crippen LogP contribution < -0.4 is 0 Å². The molecule has 48 valence electrons. The average Bonchev–Trinajstić information content (AvgIpc) is 2.34. The summed E-state index contributed by atoms with van der Waals surface area (Å²) in [5.74, 6) is 0. The first-order chi connectivity index (χ1) is 4.88. The summed E-state index contributed by atoms with van der Waals surface area (Å²) in [6.45, 7) is 0. The quantitative estimate of drug-likeness (QED) is 0.495. The molecular weight excluding hydrogens is 126 g/mol. The van der Waals surface area contributed by atoms with E-state index in [1.54, 1.807) is 0 Å². The van der Waals surface area contributed by atoms with Gasteiger partial charge >= 0.3 is 0 Å². The van der Waals surface area contributed by atoms with E-state index < -0.39 is 0 Å². The zero-order valence-electron chi connectivity index (χ0n) is 5.32. The molecule has 0 spiro atoms. The van der Waals surface area contributed by atoms with E-state index in [4.69, 9.17) is 0 Å². The smallest absolute Gasteiger partial charge is 0.0612 e. The van der Waals surface area contributed by atoms with E-state index in [2.05, 4.69) is 0 Å². The Labute approximate surface area is 58.4 Å². The molecule has 1 aromatic rings. The lowest BCUT2D eigenvalue weighted by molar-refractivity contribution is -0.379. The van der Waals surface area contributed by atoms with Crippen LogP contribution in [0.2, 0.25) is 0 Å². The van der Waals surface area contributed by atoms with Gasteiger partial charge in [-0.25, -0.2) is 0 Å². The minimum atomic E-state index is 0.738. The van der Waals surface area contributed by atoms with Crippen molar-refractivity contribution in [1.29, 1.82) is 0 Å². The van der Waals surface area contributed by atoms with Crippen LogP contribution >= 0.6 is 0 Å². The van der Waals surface area contributed by atoms with Gasteiger partial charge in [0, 0.05) is 17.0 Å². The Morgan fingerprint density at radius 1 is 1.20 bits per heavy atom. The second-order valence-electron chi connectivity index (χ2n) is 2.20. The van der Waals surface area contributed by atoms with Crippen molar-refractivity contribution in [3.8, 4) is 0 Å². The number of rotatable bonds is 0. The van der Waals surface area contributed by atoms with Crippen molar-refractivity contribution in [2.45, 2.75) is 0 Å². The fourth-order valence-corrected chi connectivity index (χ4v) is 1.06. The lowest BCUT2D eigenvalue weighted by Gasteiger charge is -1.84. The van der Waals surface area contributed by atoms with E-state index in [-0.39, 0.29) is 0 Å². The summed E-state index contributed by atoms with van der Waals surface area (Å²) in [7, 11) is 0. The number of para-hydroxylation sites is 1. The molecule has 1 heterocycles. The predicted molar refractivity (Wildman–Crippen MR) is 38.8 cm³/mol. The number of hydrogen-bond donors (Lipinski definition) is 0. The van der Waals surface area contributed by atoms with Crippen LogP contribution in [-0.2, 0) is 0 Å². The third-order valence-electron chi connectivity index (χ3n) is 1.56. The van der Waals surface area contributed by atoms with Crippen LogP contribution in [0.25, 0.3) is 6.08 Å². The molecule has 10 heavy (non-hydrogen) atoms. The van der Waals surface area contributed by atoms with Gasteiger partial charge in [0.25, 0.3) is 5.69 Å². The maximum absolute atomic E-state index is 10.9. The number of hydrogen-bond acceptors (Lipinski definition) is 1. The van der Waals surface area contributed by atoms with Gasteiger partial charge in [-0.15, -0.1) is 0 Å². The molecule has 2 heteroatoms. The molecule has 0 aliphatic carbocycles. The number of nitroso groups, excluding NO2 is 1. The van der Waals surface area contributed by atoms with E-state index in [0.29, 0.717) is 0 Å². The zero-order chi connectivity index (χ0) is 6.97. The van der Waals surface area contributed by atoms with Crippen LogP contribution in [0.3, 0.4) is 0 Å². The average molecular weight is 132 g/mol. The monoisotopic (exact) mass is 132 g/mol. The van der Waals surface area contributed by atoms with Crippen LogP contribution in [0.1, 0.15) is 5.56 Å². The molecule has 0 radical (unpaired) electrons. The maximum Gasteiger partial charge on any atom is 0.270 e. The molecule has 2 rings (SSSR count). The Bertz CT molecular complexity index is 315. The molecule has 0 amide bonds. The Morgan fingerprint density at radius 2 is 2.00 bits per heavy atom. The van der Waals surface area contributed by atoms with Crippen LogP contribution in [-0.4, -0.2) is 4.76 Å². The topological polar surface area (TPSA) is 20.1 Å². The summed E-state index contributed by atoms with van der Waals surface area (Å²) in [5, 5.41) is 0. The van der Waals surface area contributed by atoms with E-state index in [9.17, 15) is 4.91 Å². The summed E-state index contributed by atoms with van der Waals surface area (Å²) in [6.07, 6.45) is 3.33. The van der Waals surface area contributed by atoms with Crippen LogP contribution in [0, 0.1) is 4.91 Å². The van der Waals surface area contributed by atoms with Gasteiger partial charge in [0.05, 0.1) is 10.3 Å². The molecule has 0 unspecified atom stereocenters. The third kappa shape index (κ3) is 0.589. The maximum atomic E-state index is 10.9. The molecule has 0 aromatic heterocycles. The van der Waals surface area contributed by atoms with Gasteiger partial charge in [0.2, 0.25) is 6.20 Å². The number of fused-ring (bicyclic) bond motifs is 1. The normalized spacial score (nSPS) is 13.8. The SMILES string of the molecule is O=[N+]1C=Cc2ccccc21. The molecule has 2 nitrogen and oxygen atoms in total. The van der Waals surface area contributed by atoms with Crippen molar-refractivity contribution in [3.05, 3.63) is 40.9 Å². The van der Waals surface area contributed by atoms with Gasteiger partial charge in [0.1, 0.15) is 0 Å². The van der Waals surface area contributed by atoms with Gasteiger partial charge in [-0.3, -0.25) is 0 Å². The highest BCUT2D eigenvalue weighted by atomic mass is 16.3. The van der Waals surface area contributed by atoms with Gasteiger partial charge in [0.15, 0.2) is 0 Å². The highest BCUT2D eigenvalue weighted by Gasteiger charge is 2.19. The summed E-state index contributed by atoms with van der Waals surface area (Å²) in [4.78, 5) is 10.9. The van der Waals surface area contributed by atoms with Gasteiger partial charge in [-0.05, 0) is 6.07 Å². The Hall–Kier alpha value is -1.44. The third-order valence-corrected chi connectivity index (χ3v) is 1.56. The first-order valence-corrected chi connectivity index (χ1v) is 3.11. The lowest BCUT2D eigenvalue weighted by atomic mass is 10.2. The molecule has 1 aliphatic heterocycles. The van der Waals surface area contributed by atoms with Crippen LogP contribution in [0.15, 0.2) is 30.5 Å². The number of nitrogens with zero attached hydrogens (tertiary/aromatic N) is 1. The number of benzene rings is 1. The molecule has 1 aliphatic rings.